The molecule has 0 amide bonds. The van der Waals surface area contributed by atoms with E-state index in [1.807, 2.05) is 0 Å². The molecular weight excluding hydrogens is 234 g/mol. The maximum Gasteiger partial charge on any atom is 0.129 e. The van der Waals surface area contributed by atoms with Crippen LogP contribution in [0.2, 0.25) is 0 Å². The average Bonchev–Trinajstić information content (AvgIpc) is 2.34. The summed E-state index contributed by atoms with van der Waals surface area (Å²) in [5.74, 6) is 1.57. The highest BCUT2D eigenvalue weighted by molar-refractivity contribution is 4.91. The van der Waals surface area contributed by atoms with Crippen LogP contribution >= 0.6 is 0 Å². The van der Waals surface area contributed by atoms with Gasteiger partial charge in [0.2, 0.25) is 0 Å². The van der Waals surface area contributed by atoms with E-state index in [2.05, 4.69) is 6.92 Å². The molecular formula is C15H26F2O. The van der Waals surface area contributed by atoms with Crippen LogP contribution in [0, 0.1) is 17.8 Å². The van der Waals surface area contributed by atoms with Gasteiger partial charge in [0, 0.05) is 6.61 Å². The molecule has 18 heavy (non-hydrogen) atoms. The summed E-state index contributed by atoms with van der Waals surface area (Å²) < 4.78 is 33.2. The van der Waals surface area contributed by atoms with Crippen LogP contribution in [-0.4, -0.2) is 25.1 Å². The van der Waals surface area contributed by atoms with Crippen molar-refractivity contribution in [3.63, 3.8) is 0 Å². The lowest BCUT2D eigenvalue weighted by atomic mass is 9.70. The van der Waals surface area contributed by atoms with Gasteiger partial charge in [0.15, 0.2) is 0 Å². The highest BCUT2D eigenvalue weighted by Crippen LogP contribution is 2.42. The molecule has 2 fully saturated rings. The van der Waals surface area contributed by atoms with E-state index in [9.17, 15) is 8.78 Å². The van der Waals surface area contributed by atoms with Gasteiger partial charge >= 0.3 is 0 Å². The van der Waals surface area contributed by atoms with Crippen LogP contribution in [0.4, 0.5) is 8.78 Å². The van der Waals surface area contributed by atoms with E-state index in [0.717, 1.165) is 18.8 Å². The van der Waals surface area contributed by atoms with Gasteiger partial charge in [-0.2, -0.15) is 0 Å². The minimum Gasteiger partial charge on any atom is -0.372 e. The Morgan fingerprint density at radius 1 is 0.944 bits per heavy atom. The van der Waals surface area contributed by atoms with Crippen LogP contribution in [0.3, 0.4) is 0 Å². The molecule has 0 spiro atoms. The quantitative estimate of drug-likeness (QED) is 0.735. The van der Waals surface area contributed by atoms with Crippen LogP contribution in [0.1, 0.15) is 52.4 Å². The fraction of sp³-hybridized carbons (Fsp3) is 1.00. The first-order valence-electron chi connectivity index (χ1n) is 7.51. The molecule has 2 saturated carbocycles. The summed E-state index contributed by atoms with van der Waals surface area (Å²) in [6.07, 6.45) is 2.74. The van der Waals surface area contributed by atoms with Crippen molar-refractivity contribution < 1.29 is 13.5 Å². The van der Waals surface area contributed by atoms with Gasteiger partial charge in [-0.1, -0.05) is 19.8 Å². The minimum atomic E-state index is -1.11. The second kappa shape index (κ2) is 6.31. The molecule has 106 valence electrons. The van der Waals surface area contributed by atoms with Crippen LogP contribution < -0.4 is 0 Å². The molecule has 2 unspecified atom stereocenters. The highest BCUT2D eigenvalue weighted by Gasteiger charge is 2.41. The Morgan fingerprint density at radius 3 is 2.00 bits per heavy atom. The molecule has 0 aromatic rings. The van der Waals surface area contributed by atoms with Gasteiger partial charge in [0.25, 0.3) is 0 Å². The first-order chi connectivity index (χ1) is 8.61. The van der Waals surface area contributed by atoms with E-state index in [1.54, 1.807) is 6.92 Å². The second-order valence-electron chi connectivity index (χ2n) is 6.20. The van der Waals surface area contributed by atoms with Crippen LogP contribution in [0.25, 0.3) is 0 Å². The van der Waals surface area contributed by atoms with Gasteiger partial charge in [-0.05, 0) is 50.4 Å². The van der Waals surface area contributed by atoms with Crippen molar-refractivity contribution in [1.82, 2.24) is 0 Å². The standard InChI is InChI=1S/C15H26F2O/c1-3-18-15-13(16)8-12(9-14(15)17)11-6-4-10(2)5-7-11/h10-15H,3-9H2,1-2H3. The zero-order chi connectivity index (χ0) is 13.1. The van der Waals surface area contributed by atoms with Gasteiger partial charge in [-0.25, -0.2) is 8.78 Å². The van der Waals surface area contributed by atoms with E-state index in [-0.39, 0.29) is 5.92 Å². The van der Waals surface area contributed by atoms with Crippen molar-refractivity contribution >= 4 is 0 Å². The second-order valence-corrected chi connectivity index (χ2v) is 6.20. The molecule has 0 aliphatic heterocycles. The minimum absolute atomic E-state index is 0.235. The molecule has 3 heteroatoms. The van der Waals surface area contributed by atoms with Gasteiger partial charge < -0.3 is 4.74 Å². The van der Waals surface area contributed by atoms with E-state index < -0.39 is 18.4 Å². The number of ether oxygens (including phenoxy) is 1. The normalized spacial score (nSPS) is 46.0. The molecule has 0 saturated heterocycles. The van der Waals surface area contributed by atoms with Crippen molar-refractivity contribution in [2.24, 2.45) is 17.8 Å². The third-order valence-corrected chi connectivity index (χ3v) is 4.86. The van der Waals surface area contributed by atoms with Crippen molar-refractivity contribution in [2.45, 2.75) is 70.8 Å². The molecule has 0 bridgehead atoms. The van der Waals surface area contributed by atoms with Crippen LogP contribution in [0.5, 0.6) is 0 Å². The van der Waals surface area contributed by atoms with E-state index in [4.69, 9.17) is 4.74 Å². The molecule has 0 aromatic carbocycles. The largest absolute Gasteiger partial charge is 0.372 e. The van der Waals surface area contributed by atoms with Crippen molar-refractivity contribution in [1.29, 1.82) is 0 Å². The Balaban J connectivity index is 1.89. The van der Waals surface area contributed by atoms with E-state index in [0.29, 0.717) is 25.4 Å². The third-order valence-electron chi connectivity index (χ3n) is 4.86. The topological polar surface area (TPSA) is 9.23 Å². The molecule has 2 atom stereocenters. The Bertz CT molecular complexity index is 239. The summed E-state index contributed by atoms with van der Waals surface area (Å²) in [7, 11) is 0. The lowest BCUT2D eigenvalue weighted by Crippen LogP contribution is -2.44. The van der Waals surface area contributed by atoms with E-state index in [1.165, 1.54) is 12.8 Å². The Hall–Kier alpha value is -0.180. The van der Waals surface area contributed by atoms with E-state index >= 15 is 0 Å². The smallest absolute Gasteiger partial charge is 0.129 e. The number of hydrogen-bond donors (Lipinski definition) is 0. The van der Waals surface area contributed by atoms with Crippen LogP contribution in [-0.2, 0) is 4.74 Å². The lowest BCUT2D eigenvalue weighted by Gasteiger charge is -2.40. The fourth-order valence-electron chi connectivity index (χ4n) is 3.71. The zero-order valence-corrected chi connectivity index (χ0v) is 11.6. The monoisotopic (exact) mass is 260 g/mol. The summed E-state index contributed by atoms with van der Waals surface area (Å²) >= 11 is 0. The molecule has 0 heterocycles. The molecule has 2 aliphatic carbocycles. The molecule has 2 aliphatic rings. The van der Waals surface area contributed by atoms with Crippen LogP contribution in [0.15, 0.2) is 0 Å². The first kappa shape index (κ1) is 14.2. The number of hydrogen-bond acceptors (Lipinski definition) is 1. The van der Waals surface area contributed by atoms with Crippen molar-refractivity contribution in [3.8, 4) is 0 Å². The summed E-state index contributed by atoms with van der Waals surface area (Å²) in [5.41, 5.74) is 0. The zero-order valence-electron chi connectivity index (χ0n) is 11.6. The predicted octanol–water partition coefficient (Wildman–Crippen LogP) is 4.30. The fourth-order valence-corrected chi connectivity index (χ4v) is 3.71. The van der Waals surface area contributed by atoms with Crippen molar-refractivity contribution in [3.05, 3.63) is 0 Å². The SMILES string of the molecule is CCOC1C(F)CC(C2CCC(C)CC2)CC1F. The van der Waals surface area contributed by atoms with Crippen molar-refractivity contribution in [2.75, 3.05) is 6.61 Å². The van der Waals surface area contributed by atoms with Gasteiger partial charge in [0.05, 0.1) is 0 Å². The summed E-state index contributed by atoms with van der Waals surface area (Å²) in [5, 5.41) is 0. The lowest BCUT2D eigenvalue weighted by molar-refractivity contribution is -0.0866. The summed E-state index contributed by atoms with van der Waals surface area (Å²) in [6.45, 7) is 4.48. The van der Waals surface area contributed by atoms with Gasteiger partial charge in [-0.3, -0.25) is 0 Å². The summed E-state index contributed by atoms with van der Waals surface area (Å²) in [4.78, 5) is 0. The number of alkyl halides is 2. The molecule has 0 N–H and O–H groups in total. The predicted molar refractivity (Wildman–Crippen MR) is 69.1 cm³/mol. The highest BCUT2D eigenvalue weighted by atomic mass is 19.1. The number of halogens is 2. The Labute approximate surface area is 109 Å². The molecule has 0 radical (unpaired) electrons. The average molecular weight is 260 g/mol. The summed E-state index contributed by atoms with van der Waals surface area (Å²) in [6, 6.07) is 0. The van der Waals surface area contributed by atoms with Gasteiger partial charge in [-0.15, -0.1) is 0 Å². The molecule has 0 aromatic heterocycles. The maximum atomic E-state index is 14.0. The number of rotatable bonds is 3. The Morgan fingerprint density at radius 2 is 1.50 bits per heavy atom. The van der Waals surface area contributed by atoms with Gasteiger partial charge in [0.1, 0.15) is 18.4 Å². The molecule has 2 rings (SSSR count). The maximum absolute atomic E-state index is 14.0. The third kappa shape index (κ3) is 3.23. The first-order valence-corrected chi connectivity index (χ1v) is 7.51. The molecule has 1 nitrogen and oxygen atoms in total. The Kier molecular flexibility index (Phi) is 4.99.